The van der Waals surface area contributed by atoms with Gasteiger partial charge in [0, 0.05) is 48.4 Å². The van der Waals surface area contributed by atoms with E-state index >= 15 is 0 Å². The highest BCUT2D eigenvalue weighted by atomic mass is 35.5. The highest BCUT2D eigenvalue weighted by molar-refractivity contribution is 6.30. The normalized spacial score (nSPS) is 19.8. The number of benzene rings is 1. The minimum absolute atomic E-state index is 0.0635. The number of carbonyl (C=O) groups excluding carboxylic acids is 1. The molecule has 4 rings (SSSR count). The number of hydrogen-bond acceptors (Lipinski definition) is 5. The first-order chi connectivity index (χ1) is 14.1. The summed E-state index contributed by atoms with van der Waals surface area (Å²) in [6.07, 6.45) is 5.80. The molecule has 0 atom stereocenters. The van der Waals surface area contributed by atoms with Crippen molar-refractivity contribution < 1.29 is 14.1 Å². The second kappa shape index (κ2) is 9.28. The van der Waals surface area contributed by atoms with Crippen molar-refractivity contribution >= 4 is 17.5 Å². The highest BCUT2D eigenvalue weighted by Gasteiger charge is 2.35. The zero-order valence-corrected chi connectivity index (χ0v) is 17.4. The average Bonchev–Trinajstić information content (AvgIpc) is 3.24. The Bertz CT molecular complexity index is 809. The van der Waals surface area contributed by atoms with Gasteiger partial charge in [-0.15, -0.1) is 0 Å². The standard InChI is InChI=1S/C22H28ClN3O3/c23-18-6-4-17(5-7-18)20-14-19(25-29-20)21(27)24-15-22(8-12-28-13-9-22)16-26-10-2-1-3-11-26/h4-7,14H,1-3,8-13,15-16H2,(H,24,27). The molecule has 0 unspecified atom stereocenters. The summed E-state index contributed by atoms with van der Waals surface area (Å²) in [6, 6.07) is 8.95. The zero-order chi connectivity index (χ0) is 20.1. The van der Waals surface area contributed by atoms with Crippen LogP contribution >= 0.6 is 11.6 Å². The number of nitrogens with zero attached hydrogens (tertiary/aromatic N) is 2. The Labute approximate surface area is 176 Å². The molecule has 6 nitrogen and oxygen atoms in total. The topological polar surface area (TPSA) is 67.6 Å². The Balaban J connectivity index is 1.39. The third-order valence-corrected chi connectivity index (χ3v) is 6.31. The van der Waals surface area contributed by atoms with Crippen LogP contribution in [0.1, 0.15) is 42.6 Å². The summed E-state index contributed by atoms with van der Waals surface area (Å²) in [5, 5.41) is 7.72. The van der Waals surface area contributed by atoms with Gasteiger partial charge in [0.25, 0.3) is 5.91 Å². The van der Waals surface area contributed by atoms with E-state index < -0.39 is 0 Å². The number of carbonyl (C=O) groups is 1. The lowest BCUT2D eigenvalue weighted by Crippen LogP contribution is -2.49. The molecule has 29 heavy (non-hydrogen) atoms. The van der Waals surface area contributed by atoms with E-state index in [1.165, 1.54) is 19.3 Å². The molecule has 2 saturated heterocycles. The van der Waals surface area contributed by atoms with Crippen molar-refractivity contribution in [3.63, 3.8) is 0 Å². The van der Waals surface area contributed by atoms with Crippen molar-refractivity contribution in [2.75, 3.05) is 39.4 Å². The number of amides is 1. The molecule has 0 bridgehead atoms. The number of aromatic nitrogens is 1. The molecular formula is C22H28ClN3O3. The Morgan fingerprint density at radius 3 is 2.59 bits per heavy atom. The smallest absolute Gasteiger partial charge is 0.273 e. The van der Waals surface area contributed by atoms with Gasteiger partial charge in [-0.2, -0.15) is 0 Å². The quantitative estimate of drug-likeness (QED) is 0.769. The van der Waals surface area contributed by atoms with E-state index in [2.05, 4.69) is 15.4 Å². The van der Waals surface area contributed by atoms with Gasteiger partial charge >= 0.3 is 0 Å². The summed E-state index contributed by atoms with van der Waals surface area (Å²) in [6.45, 7) is 5.48. The first kappa shape index (κ1) is 20.4. The van der Waals surface area contributed by atoms with Crippen LogP contribution in [-0.2, 0) is 4.74 Å². The molecule has 2 aliphatic rings. The molecule has 3 heterocycles. The van der Waals surface area contributed by atoms with Gasteiger partial charge in [-0.05, 0) is 63.0 Å². The van der Waals surface area contributed by atoms with Crippen molar-refractivity contribution in [2.24, 2.45) is 5.41 Å². The van der Waals surface area contributed by atoms with Crippen molar-refractivity contribution in [1.82, 2.24) is 15.4 Å². The van der Waals surface area contributed by atoms with Crippen LogP contribution in [0.15, 0.2) is 34.9 Å². The maximum absolute atomic E-state index is 12.7. The van der Waals surface area contributed by atoms with E-state index in [1.807, 2.05) is 12.1 Å². The summed E-state index contributed by atoms with van der Waals surface area (Å²) < 4.78 is 11.0. The van der Waals surface area contributed by atoms with Crippen LogP contribution in [0.2, 0.25) is 5.02 Å². The average molecular weight is 418 g/mol. The molecule has 0 radical (unpaired) electrons. The largest absolute Gasteiger partial charge is 0.381 e. The van der Waals surface area contributed by atoms with Gasteiger partial charge in [0.15, 0.2) is 11.5 Å². The molecule has 156 valence electrons. The summed E-state index contributed by atoms with van der Waals surface area (Å²) in [4.78, 5) is 15.3. The van der Waals surface area contributed by atoms with E-state index in [0.717, 1.165) is 51.3 Å². The molecule has 7 heteroatoms. The number of halogens is 1. The molecule has 1 amide bonds. The van der Waals surface area contributed by atoms with Gasteiger partial charge in [0.05, 0.1) is 0 Å². The first-order valence-corrected chi connectivity index (χ1v) is 10.8. The summed E-state index contributed by atoms with van der Waals surface area (Å²) in [7, 11) is 0. The minimum atomic E-state index is -0.196. The van der Waals surface area contributed by atoms with E-state index in [-0.39, 0.29) is 11.3 Å². The lowest BCUT2D eigenvalue weighted by Gasteiger charge is -2.42. The van der Waals surface area contributed by atoms with Crippen LogP contribution in [0.3, 0.4) is 0 Å². The van der Waals surface area contributed by atoms with Crippen molar-refractivity contribution in [3.05, 3.63) is 41.0 Å². The van der Waals surface area contributed by atoms with E-state index in [9.17, 15) is 4.79 Å². The third-order valence-electron chi connectivity index (χ3n) is 6.06. The predicted octanol–water partition coefficient (Wildman–Crippen LogP) is 4.01. The number of likely N-dealkylation sites (tertiary alicyclic amines) is 1. The molecule has 1 aromatic carbocycles. The van der Waals surface area contributed by atoms with E-state index in [0.29, 0.717) is 23.0 Å². The van der Waals surface area contributed by atoms with Crippen LogP contribution < -0.4 is 5.32 Å². The van der Waals surface area contributed by atoms with Crippen LogP contribution in [0.4, 0.5) is 0 Å². The number of nitrogens with one attached hydrogen (secondary N) is 1. The van der Waals surface area contributed by atoms with Gasteiger partial charge in [-0.25, -0.2) is 0 Å². The fraction of sp³-hybridized carbons (Fsp3) is 0.545. The molecule has 2 fully saturated rings. The van der Waals surface area contributed by atoms with Crippen LogP contribution in [-0.4, -0.2) is 55.4 Å². The summed E-state index contributed by atoms with van der Waals surface area (Å²) in [5.41, 5.74) is 1.20. The molecule has 1 N–H and O–H groups in total. The van der Waals surface area contributed by atoms with Crippen LogP contribution in [0, 0.1) is 5.41 Å². The van der Waals surface area contributed by atoms with Gasteiger partial charge in [-0.1, -0.05) is 23.2 Å². The summed E-state index contributed by atoms with van der Waals surface area (Å²) >= 11 is 5.93. The lowest BCUT2D eigenvalue weighted by molar-refractivity contribution is -0.00675. The van der Waals surface area contributed by atoms with Crippen molar-refractivity contribution in [1.29, 1.82) is 0 Å². The van der Waals surface area contributed by atoms with Gasteiger partial charge in [0.1, 0.15) is 0 Å². The van der Waals surface area contributed by atoms with Gasteiger partial charge in [-0.3, -0.25) is 4.79 Å². The number of piperidine rings is 1. The molecular weight excluding hydrogens is 390 g/mol. The first-order valence-electron chi connectivity index (χ1n) is 10.4. The van der Waals surface area contributed by atoms with E-state index in [1.54, 1.807) is 18.2 Å². The number of ether oxygens (including phenoxy) is 1. The Morgan fingerprint density at radius 2 is 1.86 bits per heavy atom. The van der Waals surface area contributed by atoms with Crippen LogP contribution in [0.5, 0.6) is 0 Å². The maximum Gasteiger partial charge on any atom is 0.273 e. The lowest BCUT2D eigenvalue weighted by atomic mass is 9.79. The van der Waals surface area contributed by atoms with Crippen molar-refractivity contribution in [3.8, 4) is 11.3 Å². The van der Waals surface area contributed by atoms with Crippen molar-refractivity contribution in [2.45, 2.75) is 32.1 Å². The number of rotatable bonds is 6. The molecule has 0 saturated carbocycles. The Kier molecular flexibility index (Phi) is 6.53. The second-order valence-electron chi connectivity index (χ2n) is 8.22. The molecule has 2 aromatic rings. The molecule has 0 spiro atoms. The number of hydrogen-bond donors (Lipinski definition) is 1. The third kappa shape index (κ3) is 5.18. The maximum atomic E-state index is 12.7. The highest BCUT2D eigenvalue weighted by Crippen LogP contribution is 2.32. The van der Waals surface area contributed by atoms with Gasteiger partial charge in [0.2, 0.25) is 0 Å². The SMILES string of the molecule is O=C(NCC1(CN2CCCCC2)CCOCC1)c1cc(-c2ccc(Cl)cc2)on1. The van der Waals surface area contributed by atoms with Crippen LogP contribution in [0.25, 0.3) is 11.3 Å². The Morgan fingerprint density at radius 1 is 1.14 bits per heavy atom. The molecule has 1 aromatic heterocycles. The van der Waals surface area contributed by atoms with E-state index in [4.69, 9.17) is 20.9 Å². The molecule has 2 aliphatic heterocycles. The molecule has 0 aliphatic carbocycles. The monoisotopic (exact) mass is 417 g/mol. The zero-order valence-electron chi connectivity index (χ0n) is 16.7. The fourth-order valence-corrected chi connectivity index (χ4v) is 4.40. The Hall–Kier alpha value is -1.89. The fourth-order valence-electron chi connectivity index (χ4n) is 4.28. The minimum Gasteiger partial charge on any atom is -0.381 e. The summed E-state index contributed by atoms with van der Waals surface area (Å²) in [5.74, 6) is 0.361. The second-order valence-corrected chi connectivity index (χ2v) is 8.65. The predicted molar refractivity (Wildman–Crippen MR) is 112 cm³/mol. The van der Waals surface area contributed by atoms with Gasteiger partial charge < -0.3 is 19.5 Å².